The van der Waals surface area contributed by atoms with Crippen LogP contribution in [0.2, 0.25) is 0 Å². The summed E-state index contributed by atoms with van der Waals surface area (Å²) in [4.78, 5) is 15.0. The van der Waals surface area contributed by atoms with E-state index in [1.165, 1.54) is 38.2 Å². The van der Waals surface area contributed by atoms with Crippen molar-refractivity contribution in [2.75, 3.05) is 0 Å². The van der Waals surface area contributed by atoms with Crippen molar-refractivity contribution >= 4 is 21.5 Å². The highest BCUT2D eigenvalue weighted by molar-refractivity contribution is 6.21. The minimum Gasteiger partial charge on any atom is -0.256 e. The molecule has 0 atom stereocenters. The Kier molecular flexibility index (Phi) is 7.49. The third-order valence-corrected chi connectivity index (χ3v) is 9.32. The van der Waals surface area contributed by atoms with Gasteiger partial charge in [0.2, 0.25) is 0 Å². The van der Waals surface area contributed by atoms with Gasteiger partial charge in [0.05, 0.1) is 17.1 Å². The third kappa shape index (κ3) is 5.41. The number of hydrogen-bond donors (Lipinski definition) is 0. The van der Waals surface area contributed by atoms with Gasteiger partial charge >= 0.3 is 0 Å². The molecule has 0 radical (unpaired) electrons. The van der Waals surface area contributed by atoms with E-state index in [1.54, 1.807) is 0 Å². The van der Waals surface area contributed by atoms with E-state index in [9.17, 15) is 0 Å². The lowest BCUT2D eigenvalue weighted by Crippen LogP contribution is -1.97. The minimum atomic E-state index is 0.681. The lowest BCUT2D eigenvalue weighted by atomic mass is 9.85. The van der Waals surface area contributed by atoms with Gasteiger partial charge in [-0.15, -0.1) is 0 Å². The van der Waals surface area contributed by atoms with E-state index < -0.39 is 0 Å². The third-order valence-electron chi connectivity index (χ3n) is 9.32. The summed E-state index contributed by atoms with van der Waals surface area (Å²) >= 11 is 0. The molecule has 9 rings (SSSR count). The fourth-order valence-corrected chi connectivity index (χ4v) is 7.02. The Morgan fingerprint density at radius 3 is 1.32 bits per heavy atom. The van der Waals surface area contributed by atoms with Crippen molar-refractivity contribution in [2.24, 2.45) is 0 Å². The number of rotatable bonds is 6. The highest BCUT2D eigenvalue weighted by Gasteiger charge is 2.18. The molecule has 0 amide bonds. The largest absolute Gasteiger partial charge is 0.256 e. The maximum Gasteiger partial charge on any atom is 0.160 e. The predicted octanol–water partition coefficient (Wildman–Crippen LogP) is 12.2. The standard InChI is InChI=1S/C47H31N3/c1-3-15-32(16-4-1)43-31-44(35-20-13-19-34(29-35)42-27-11-12-28-48-42)50-47(49-43)37-22-14-21-36(30-37)46-40-25-9-7-23-38(40)45(33-17-5-2-6-18-33)39-24-8-10-26-41(39)46/h1-31H. The van der Waals surface area contributed by atoms with Crippen LogP contribution in [0.1, 0.15) is 0 Å². The van der Waals surface area contributed by atoms with E-state index in [2.05, 4.69) is 163 Å². The van der Waals surface area contributed by atoms with Gasteiger partial charge < -0.3 is 0 Å². The summed E-state index contributed by atoms with van der Waals surface area (Å²) in [7, 11) is 0. The fourth-order valence-electron chi connectivity index (χ4n) is 7.02. The van der Waals surface area contributed by atoms with Crippen molar-refractivity contribution in [1.29, 1.82) is 0 Å². The number of aromatic nitrogens is 3. The Labute approximate surface area is 291 Å². The maximum absolute atomic E-state index is 5.22. The number of hydrogen-bond acceptors (Lipinski definition) is 3. The molecular weight excluding hydrogens is 607 g/mol. The Morgan fingerprint density at radius 1 is 0.280 bits per heavy atom. The van der Waals surface area contributed by atoms with Crippen molar-refractivity contribution in [3.63, 3.8) is 0 Å². The summed E-state index contributed by atoms with van der Waals surface area (Å²) in [6, 6.07) is 63.8. The predicted molar refractivity (Wildman–Crippen MR) is 207 cm³/mol. The van der Waals surface area contributed by atoms with Crippen molar-refractivity contribution in [3.05, 3.63) is 188 Å². The molecule has 2 aromatic heterocycles. The van der Waals surface area contributed by atoms with Gasteiger partial charge in [0.15, 0.2) is 5.82 Å². The van der Waals surface area contributed by atoms with Crippen LogP contribution in [0.15, 0.2) is 188 Å². The van der Waals surface area contributed by atoms with Crippen LogP contribution in [0.3, 0.4) is 0 Å². The van der Waals surface area contributed by atoms with Crippen LogP contribution >= 0.6 is 0 Å². The second kappa shape index (κ2) is 12.7. The Morgan fingerprint density at radius 2 is 0.720 bits per heavy atom. The maximum atomic E-state index is 5.22. The Bertz CT molecular complexity index is 2580. The first-order valence-corrected chi connectivity index (χ1v) is 16.9. The van der Waals surface area contributed by atoms with Crippen molar-refractivity contribution in [3.8, 4) is 67.4 Å². The molecule has 0 aliphatic rings. The van der Waals surface area contributed by atoms with Gasteiger partial charge in [0.25, 0.3) is 0 Å². The topological polar surface area (TPSA) is 38.7 Å². The quantitative estimate of drug-likeness (QED) is 0.170. The average Bonchev–Trinajstić information content (AvgIpc) is 3.21. The number of benzene rings is 7. The van der Waals surface area contributed by atoms with Crippen LogP contribution in [0.4, 0.5) is 0 Å². The van der Waals surface area contributed by atoms with Crippen LogP contribution in [-0.2, 0) is 0 Å². The molecule has 50 heavy (non-hydrogen) atoms. The molecule has 0 unspecified atom stereocenters. The molecule has 9 aromatic rings. The highest BCUT2D eigenvalue weighted by atomic mass is 14.9. The second-order valence-electron chi connectivity index (χ2n) is 12.4. The average molecular weight is 638 g/mol. The summed E-state index contributed by atoms with van der Waals surface area (Å²) in [5.74, 6) is 0.681. The smallest absolute Gasteiger partial charge is 0.160 e. The lowest BCUT2D eigenvalue weighted by Gasteiger charge is -2.18. The summed E-state index contributed by atoms with van der Waals surface area (Å²) < 4.78 is 0. The number of nitrogens with zero attached hydrogens (tertiary/aromatic N) is 3. The molecule has 2 heterocycles. The van der Waals surface area contributed by atoms with Crippen LogP contribution < -0.4 is 0 Å². The minimum absolute atomic E-state index is 0.681. The van der Waals surface area contributed by atoms with Crippen molar-refractivity contribution < 1.29 is 0 Å². The summed E-state index contributed by atoms with van der Waals surface area (Å²) in [6.07, 6.45) is 1.83. The van der Waals surface area contributed by atoms with Gasteiger partial charge in [-0.25, -0.2) is 9.97 Å². The van der Waals surface area contributed by atoms with Crippen LogP contribution in [0.25, 0.3) is 89.0 Å². The van der Waals surface area contributed by atoms with E-state index in [0.717, 1.165) is 44.9 Å². The SMILES string of the molecule is c1ccc(-c2cc(-c3cccc(-c4ccccn4)c3)nc(-c3cccc(-c4c5ccccc5c(-c5ccccc5)c5ccccc45)c3)n2)cc1. The first-order chi connectivity index (χ1) is 24.8. The zero-order valence-corrected chi connectivity index (χ0v) is 27.2. The summed E-state index contributed by atoms with van der Waals surface area (Å²) in [5, 5.41) is 4.90. The van der Waals surface area contributed by atoms with Gasteiger partial charge in [0, 0.05) is 28.5 Å². The van der Waals surface area contributed by atoms with Crippen LogP contribution in [0.5, 0.6) is 0 Å². The van der Waals surface area contributed by atoms with Crippen molar-refractivity contribution in [1.82, 2.24) is 15.0 Å². The molecule has 3 heteroatoms. The van der Waals surface area contributed by atoms with E-state index in [0.29, 0.717) is 5.82 Å². The van der Waals surface area contributed by atoms with Crippen LogP contribution in [0, 0.1) is 0 Å². The second-order valence-corrected chi connectivity index (χ2v) is 12.4. The number of pyridine rings is 1. The van der Waals surface area contributed by atoms with Gasteiger partial charge in [-0.2, -0.15) is 0 Å². The molecule has 234 valence electrons. The molecule has 0 spiro atoms. The molecule has 0 bridgehead atoms. The molecule has 0 aliphatic heterocycles. The van der Waals surface area contributed by atoms with E-state index in [1.807, 2.05) is 30.5 Å². The first kappa shape index (κ1) is 29.4. The van der Waals surface area contributed by atoms with Gasteiger partial charge in [0.1, 0.15) is 0 Å². The van der Waals surface area contributed by atoms with Crippen LogP contribution in [-0.4, -0.2) is 15.0 Å². The molecular formula is C47H31N3. The Hall–Kier alpha value is -6.71. The molecule has 0 saturated heterocycles. The molecule has 7 aromatic carbocycles. The zero-order chi connectivity index (χ0) is 33.3. The Balaban J connectivity index is 1.24. The molecule has 3 nitrogen and oxygen atoms in total. The fraction of sp³-hybridized carbons (Fsp3) is 0. The monoisotopic (exact) mass is 637 g/mol. The molecule has 0 fully saturated rings. The normalized spacial score (nSPS) is 11.2. The van der Waals surface area contributed by atoms with E-state index in [-0.39, 0.29) is 0 Å². The number of fused-ring (bicyclic) bond motifs is 2. The van der Waals surface area contributed by atoms with Gasteiger partial charge in [-0.05, 0) is 74.1 Å². The summed E-state index contributed by atoms with van der Waals surface area (Å²) in [6.45, 7) is 0. The van der Waals surface area contributed by atoms with Gasteiger partial charge in [-0.1, -0.05) is 152 Å². The van der Waals surface area contributed by atoms with E-state index >= 15 is 0 Å². The lowest BCUT2D eigenvalue weighted by molar-refractivity contribution is 1.18. The molecule has 0 saturated carbocycles. The van der Waals surface area contributed by atoms with E-state index in [4.69, 9.17) is 9.97 Å². The first-order valence-electron chi connectivity index (χ1n) is 16.9. The zero-order valence-electron chi connectivity index (χ0n) is 27.2. The summed E-state index contributed by atoms with van der Waals surface area (Å²) in [5.41, 5.74) is 11.5. The molecule has 0 aliphatic carbocycles. The highest BCUT2D eigenvalue weighted by Crippen LogP contribution is 2.44. The van der Waals surface area contributed by atoms with Gasteiger partial charge in [-0.3, -0.25) is 4.98 Å². The van der Waals surface area contributed by atoms with Crippen molar-refractivity contribution in [2.45, 2.75) is 0 Å². The molecule has 0 N–H and O–H groups in total.